The quantitative estimate of drug-likeness (QED) is 0.321. The Kier molecular flexibility index (Phi) is 10.3. The molecule has 2 saturated heterocycles. The summed E-state index contributed by atoms with van der Waals surface area (Å²) in [6, 6.07) is -0.0315. The second kappa shape index (κ2) is 12.4. The van der Waals surface area contributed by atoms with Gasteiger partial charge in [-0.1, -0.05) is 6.92 Å². The molecule has 0 spiro atoms. The van der Waals surface area contributed by atoms with Gasteiger partial charge in [0.15, 0.2) is 5.96 Å². The van der Waals surface area contributed by atoms with Crippen molar-refractivity contribution in [3.8, 4) is 0 Å². The van der Waals surface area contributed by atoms with E-state index in [0.717, 1.165) is 83.4 Å². The van der Waals surface area contributed by atoms with E-state index in [2.05, 4.69) is 50.7 Å². The van der Waals surface area contributed by atoms with Crippen LogP contribution in [0.1, 0.15) is 39.4 Å². The first-order chi connectivity index (χ1) is 14.1. The van der Waals surface area contributed by atoms with Crippen molar-refractivity contribution in [3.63, 3.8) is 0 Å². The molecule has 10 heteroatoms. The standard InChI is InChI=1S/C20H36N8O.HI/c1-4-18-24-23-16-28(18)11-8-22-20(21-5-2)27-14-12-25(13-15-27)17(3)19(29)26-9-6-7-10-26;/h16-17H,4-15H2,1-3H3,(H,21,22);1H. The first kappa shape index (κ1) is 24.8. The number of halogens is 1. The smallest absolute Gasteiger partial charge is 0.239 e. The monoisotopic (exact) mass is 532 g/mol. The van der Waals surface area contributed by atoms with E-state index in [-0.39, 0.29) is 35.9 Å². The molecule has 3 rings (SSSR count). The molecule has 0 bridgehead atoms. The van der Waals surface area contributed by atoms with Crippen LogP contribution in [0.4, 0.5) is 0 Å². The SMILES string of the molecule is CCNC(=NCCn1cnnc1CC)N1CCN(C(C)C(=O)N2CCCC2)CC1.I. The molecule has 1 aromatic rings. The first-order valence-electron chi connectivity index (χ1n) is 11.1. The average molecular weight is 532 g/mol. The number of guanidine groups is 1. The van der Waals surface area contributed by atoms with Crippen molar-refractivity contribution in [2.45, 2.75) is 52.6 Å². The van der Waals surface area contributed by atoms with Gasteiger partial charge < -0.3 is 19.7 Å². The zero-order valence-corrected chi connectivity index (χ0v) is 20.9. The molecule has 3 heterocycles. The fourth-order valence-electron chi connectivity index (χ4n) is 4.11. The minimum atomic E-state index is -0.0315. The highest BCUT2D eigenvalue weighted by atomic mass is 127. The molecule has 1 N–H and O–H groups in total. The van der Waals surface area contributed by atoms with E-state index in [9.17, 15) is 4.79 Å². The molecule has 9 nitrogen and oxygen atoms in total. The zero-order chi connectivity index (χ0) is 20.6. The molecular weight excluding hydrogens is 495 g/mol. The van der Waals surface area contributed by atoms with E-state index in [1.54, 1.807) is 6.33 Å². The Labute approximate surface area is 197 Å². The molecule has 2 aliphatic heterocycles. The highest BCUT2D eigenvalue weighted by molar-refractivity contribution is 14.0. The van der Waals surface area contributed by atoms with Crippen molar-refractivity contribution >= 4 is 35.8 Å². The molecule has 30 heavy (non-hydrogen) atoms. The van der Waals surface area contributed by atoms with Gasteiger partial charge in [-0.25, -0.2) is 0 Å². The topological polar surface area (TPSA) is 81.9 Å². The third-order valence-electron chi connectivity index (χ3n) is 5.89. The summed E-state index contributed by atoms with van der Waals surface area (Å²) in [6.07, 6.45) is 4.94. The Morgan fingerprint density at radius 2 is 1.83 bits per heavy atom. The average Bonchev–Trinajstić information content (AvgIpc) is 3.44. The van der Waals surface area contributed by atoms with E-state index >= 15 is 0 Å². The maximum absolute atomic E-state index is 12.7. The molecule has 2 aliphatic rings. The molecule has 0 radical (unpaired) electrons. The summed E-state index contributed by atoms with van der Waals surface area (Å²) >= 11 is 0. The number of nitrogens with one attached hydrogen (secondary N) is 1. The van der Waals surface area contributed by atoms with Crippen LogP contribution in [0.3, 0.4) is 0 Å². The lowest BCUT2D eigenvalue weighted by Crippen LogP contribution is -2.57. The third kappa shape index (κ3) is 6.29. The van der Waals surface area contributed by atoms with Crippen LogP contribution in [0.2, 0.25) is 0 Å². The van der Waals surface area contributed by atoms with Gasteiger partial charge in [0, 0.05) is 58.8 Å². The van der Waals surface area contributed by atoms with Crippen molar-refractivity contribution in [1.82, 2.24) is 34.8 Å². The van der Waals surface area contributed by atoms with Crippen LogP contribution in [0.15, 0.2) is 11.3 Å². The number of carbonyl (C=O) groups is 1. The fraction of sp³-hybridized carbons (Fsp3) is 0.800. The highest BCUT2D eigenvalue weighted by Crippen LogP contribution is 2.14. The van der Waals surface area contributed by atoms with Gasteiger partial charge in [0.2, 0.25) is 5.91 Å². The number of rotatable bonds is 7. The Morgan fingerprint density at radius 3 is 2.47 bits per heavy atom. The van der Waals surface area contributed by atoms with Crippen LogP contribution in [-0.2, 0) is 17.8 Å². The second-order valence-electron chi connectivity index (χ2n) is 7.76. The maximum atomic E-state index is 12.7. The Hall–Kier alpha value is -1.43. The Bertz CT molecular complexity index is 680. The fourth-order valence-corrected chi connectivity index (χ4v) is 4.11. The molecule has 1 atom stereocenters. The van der Waals surface area contributed by atoms with Gasteiger partial charge >= 0.3 is 0 Å². The number of amides is 1. The predicted molar refractivity (Wildman–Crippen MR) is 129 cm³/mol. The van der Waals surface area contributed by atoms with E-state index in [1.165, 1.54) is 0 Å². The molecule has 0 saturated carbocycles. The van der Waals surface area contributed by atoms with Gasteiger partial charge in [0.1, 0.15) is 12.2 Å². The molecular formula is C20H37IN8O. The van der Waals surface area contributed by atoms with Gasteiger partial charge in [-0.2, -0.15) is 0 Å². The Morgan fingerprint density at radius 1 is 1.13 bits per heavy atom. The van der Waals surface area contributed by atoms with Crippen molar-refractivity contribution in [2.75, 3.05) is 52.4 Å². The summed E-state index contributed by atoms with van der Waals surface area (Å²) in [5, 5.41) is 11.5. The minimum absolute atomic E-state index is 0. The maximum Gasteiger partial charge on any atom is 0.239 e. The molecule has 2 fully saturated rings. The lowest BCUT2D eigenvalue weighted by Gasteiger charge is -2.39. The summed E-state index contributed by atoms with van der Waals surface area (Å²) in [6.45, 7) is 13.9. The summed E-state index contributed by atoms with van der Waals surface area (Å²) in [7, 11) is 0. The van der Waals surface area contributed by atoms with E-state index in [4.69, 9.17) is 4.99 Å². The van der Waals surface area contributed by atoms with Crippen LogP contribution < -0.4 is 5.32 Å². The van der Waals surface area contributed by atoms with E-state index in [0.29, 0.717) is 6.54 Å². The van der Waals surface area contributed by atoms with Gasteiger partial charge in [-0.05, 0) is 26.7 Å². The number of carbonyl (C=O) groups excluding carboxylic acids is 1. The summed E-state index contributed by atoms with van der Waals surface area (Å²) in [5.74, 6) is 2.24. The van der Waals surface area contributed by atoms with Crippen molar-refractivity contribution in [2.24, 2.45) is 4.99 Å². The molecule has 0 aliphatic carbocycles. The number of aliphatic imine (C=N–C) groups is 1. The molecule has 170 valence electrons. The van der Waals surface area contributed by atoms with Crippen molar-refractivity contribution in [1.29, 1.82) is 0 Å². The number of likely N-dealkylation sites (tertiary alicyclic amines) is 1. The third-order valence-corrected chi connectivity index (χ3v) is 5.89. The summed E-state index contributed by atoms with van der Waals surface area (Å²) < 4.78 is 2.07. The van der Waals surface area contributed by atoms with E-state index in [1.807, 2.05) is 4.90 Å². The van der Waals surface area contributed by atoms with Gasteiger partial charge in [-0.15, -0.1) is 34.2 Å². The molecule has 1 unspecified atom stereocenters. The summed E-state index contributed by atoms with van der Waals surface area (Å²) in [4.78, 5) is 24.1. The number of aromatic nitrogens is 3. The lowest BCUT2D eigenvalue weighted by molar-refractivity contribution is -0.135. The normalized spacial score (nSPS) is 19.0. The van der Waals surface area contributed by atoms with Crippen LogP contribution in [-0.4, -0.2) is 99.7 Å². The number of aryl methyl sites for hydroxylation is 1. The molecule has 0 aromatic carbocycles. The zero-order valence-electron chi connectivity index (χ0n) is 18.6. The number of nitrogens with zero attached hydrogens (tertiary/aromatic N) is 7. The van der Waals surface area contributed by atoms with Gasteiger partial charge in [-0.3, -0.25) is 14.7 Å². The van der Waals surface area contributed by atoms with Crippen molar-refractivity contribution < 1.29 is 4.79 Å². The largest absolute Gasteiger partial charge is 0.357 e. The number of hydrogen-bond donors (Lipinski definition) is 1. The van der Waals surface area contributed by atoms with Crippen LogP contribution in [0.5, 0.6) is 0 Å². The van der Waals surface area contributed by atoms with Crippen LogP contribution >= 0.6 is 24.0 Å². The van der Waals surface area contributed by atoms with E-state index < -0.39 is 0 Å². The number of hydrogen-bond acceptors (Lipinski definition) is 5. The van der Waals surface area contributed by atoms with Crippen LogP contribution in [0.25, 0.3) is 0 Å². The second-order valence-corrected chi connectivity index (χ2v) is 7.76. The first-order valence-corrected chi connectivity index (χ1v) is 11.1. The molecule has 1 amide bonds. The Balaban J connectivity index is 0.00000320. The van der Waals surface area contributed by atoms with Gasteiger partial charge in [0.05, 0.1) is 12.6 Å². The number of piperazine rings is 1. The lowest BCUT2D eigenvalue weighted by atomic mass is 10.2. The van der Waals surface area contributed by atoms with Crippen LogP contribution in [0, 0.1) is 0 Å². The van der Waals surface area contributed by atoms with Crippen molar-refractivity contribution in [3.05, 3.63) is 12.2 Å². The predicted octanol–water partition coefficient (Wildman–Crippen LogP) is 1.05. The summed E-state index contributed by atoms with van der Waals surface area (Å²) in [5.41, 5.74) is 0. The highest BCUT2D eigenvalue weighted by Gasteiger charge is 2.30. The minimum Gasteiger partial charge on any atom is -0.357 e. The molecule has 1 aromatic heterocycles. The van der Waals surface area contributed by atoms with Gasteiger partial charge in [0.25, 0.3) is 0 Å².